The van der Waals surface area contributed by atoms with Gasteiger partial charge in [0, 0.05) is 36.1 Å². The molecule has 14 heteroatoms. The Balaban J connectivity index is 1.80. The van der Waals surface area contributed by atoms with Crippen LogP contribution in [0.2, 0.25) is 0 Å². The number of fused-ring (bicyclic) bond motifs is 1. The lowest BCUT2D eigenvalue weighted by atomic mass is 10.1. The highest BCUT2D eigenvalue weighted by Crippen LogP contribution is 2.37. The molecule has 0 spiro atoms. The largest absolute Gasteiger partial charge is 0.444 e. The molecular formula is C29H32F3N7O4. The van der Waals surface area contributed by atoms with Crippen molar-refractivity contribution in [1.29, 1.82) is 0 Å². The average Bonchev–Trinajstić information content (AvgIpc) is 3.11. The van der Waals surface area contributed by atoms with Gasteiger partial charge < -0.3 is 31.3 Å². The van der Waals surface area contributed by atoms with E-state index in [2.05, 4.69) is 15.3 Å². The molecule has 1 aliphatic rings. The summed E-state index contributed by atoms with van der Waals surface area (Å²) >= 11 is 0. The first kappa shape index (κ1) is 31.1. The third-order valence-electron chi connectivity index (χ3n) is 6.51. The zero-order valence-electron chi connectivity index (χ0n) is 24.0. The summed E-state index contributed by atoms with van der Waals surface area (Å²) in [4.78, 5) is 48.7. The fraction of sp³-hybridized carbons (Fsp3) is 0.345. The smallest absolute Gasteiger partial charge is 0.416 e. The van der Waals surface area contributed by atoms with Crippen LogP contribution in [0.1, 0.15) is 49.3 Å². The molecule has 2 aromatic carbocycles. The van der Waals surface area contributed by atoms with Gasteiger partial charge in [0.2, 0.25) is 5.91 Å². The first-order chi connectivity index (χ1) is 20.0. The Morgan fingerprint density at radius 3 is 2.23 bits per heavy atom. The molecule has 228 valence electrons. The minimum Gasteiger partial charge on any atom is -0.444 e. The Labute approximate surface area is 246 Å². The van der Waals surface area contributed by atoms with E-state index in [0.717, 1.165) is 12.1 Å². The fourth-order valence-corrected chi connectivity index (χ4v) is 4.39. The number of hydrogen-bond donors (Lipinski definition) is 3. The highest BCUT2D eigenvalue weighted by molar-refractivity contribution is 5.92. The number of halogens is 3. The zero-order chi connectivity index (χ0) is 31.7. The van der Waals surface area contributed by atoms with E-state index in [-0.39, 0.29) is 37.0 Å². The van der Waals surface area contributed by atoms with Gasteiger partial charge in [-0.25, -0.2) is 14.8 Å². The first-order valence-corrected chi connectivity index (χ1v) is 13.3. The van der Waals surface area contributed by atoms with E-state index in [0.29, 0.717) is 22.5 Å². The van der Waals surface area contributed by atoms with Crippen molar-refractivity contribution in [1.82, 2.24) is 14.9 Å². The van der Waals surface area contributed by atoms with Gasteiger partial charge in [0.1, 0.15) is 23.2 Å². The Hall–Kier alpha value is -4.88. The highest BCUT2D eigenvalue weighted by atomic mass is 19.4. The van der Waals surface area contributed by atoms with E-state index < -0.39 is 41.3 Å². The van der Waals surface area contributed by atoms with Crippen LogP contribution < -0.4 is 21.7 Å². The Bertz CT molecular complexity index is 1540. The van der Waals surface area contributed by atoms with Gasteiger partial charge in [-0.15, -0.1) is 0 Å². The summed E-state index contributed by atoms with van der Waals surface area (Å²) < 4.78 is 45.3. The maximum Gasteiger partial charge on any atom is 0.416 e. The lowest BCUT2D eigenvalue weighted by Gasteiger charge is -2.27. The third kappa shape index (κ3) is 7.50. The number of carbonyl (C=O) groups excluding carboxylic acids is 3. The monoisotopic (exact) mass is 599 g/mol. The molecular weight excluding hydrogens is 567 g/mol. The Morgan fingerprint density at radius 1 is 0.977 bits per heavy atom. The number of nitrogens with one attached hydrogen (secondary N) is 1. The van der Waals surface area contributed by atoms with Crippen LogP contribution in [0.15, 0.2) is 48.5 Å². The number of carbonyl (C=O) groups is 3. The van der Waals surface area contributed by atoms with Gasteiger partial charge in [-0.1, -0.05) is 0 Å². The number of hydrogen-bond acceptors (Lipinski definition) is 8. The van der Waals surface area contributed by atoms with Crippen molar-refractivity contribution in [2.24, 2.45) is 11.5 Å². The van der Waals surface area contributed by atoms with Gasteiger partial charge in [-0.3, -0.25) is 9.59 Å². The zero-order valence-corrected chi connectivity index (χ0v) is 24.0. The van der Waals surface area contributed by atoms with Gasteiger partial charge in [0.05, 0.1) is 12.1 Å². The molecule has 1 atom stereocenters. The SMILES string of the molecule is C[C@H](Nc1cc(C(N)=O)nc(-c2ccc3c(c2)CN(C(=O)OC(C)(C)C)CCN3c2ccc(C(F)(F)F)cc2)n1)C(N)=O. The van der Waals surface area contributed by atoms with Crippen molar-refractivity contribution in [3.63, 3.8) is 0 Å². The minimum absolute atomic E-state index is 0.104. The van der Waals surface area contributed by atoms with Crippen molar-refractivity contribution < 1.29 is 32.3 Å². The van der Waals surface area contributed by atoms with Crippen LogP contribution in [0.3, 0.4) is 0 Å². The fourth-order valence-electron chi connectivity index (χ4n) is 4.39. The van der Waals surface area contributed by atoms with E-state index in [1.54, 1.807) is 39.0 Å². The van der Waals surface area contributed by atoms with E-state index in [1.165, 1.54) is 30.0 Å². The number of aromatic nitrogens is 2. The first-order valence-electron chi connectivity index (χ1n) is 13.3. The van der Waals surface area contributed by atoms with Gasteiger partial charge in [-0.05, 0) is 75.7 Å². The Kier molecular flexibility index (Phi) is 8.51. The molecule has 11 nitrogen and oxygen atoms in total. The van der Waals surface area contributed by atoms with Gasteiger partial charge in [-0.2, -0.15) is 13.2 Å². The lowest BCUT2D eigenvalue weighted by Crippen LogP contribution is -2.38. The molecule has 1 aromatic heterocycles. The molecule has 3 amide bonds. The number of amides is 3. The summed E-state index contributed by atoms with van der Waals surface area (Å²) in [7, 11) is 0. The normalized spacial score (nSPS) is 14.4. The molecule has 0 aliphatic carbocycles. The average molecular weight is 600 g/mol. The summed E-state index contributed by atoms with van der Waals surface area (Å²) in [6.07, 6.45) is -5.04. The van der Waals surface area contributed by atoms with Crippen molar-refractivity contribution in [3.8, 4) is 11.4 Å². The van der Waals surface area contributed by atoms with E-state index in [9.17, 15) is 27.6 Å². The molecule has 3 aromatic rings. The molecule has 4 rings (SSSR count). The van der Waals surface area contributed by atoms with E-state index in [4.69, 9.17) is 16.2 Å². The number of primary amides is 2. The number of nitrogens with two attached hydrogens (primary N) is 2. The van der Waals surface area contributed by atoms with Gasteiger partial charge in [0.15, 0.2) is 5.82 Å². The summed E-state index contributed by atoms with van der Waals surface area (Å²) in [6.45, 7) is 7.35. The second-order valence-corrected chi connectivity index (χ2v) is 11.0. The topological polar surface area (TPSA) is 157 Å². The van der Waals surface area contributed by atoms with Crippen molar-refractivity contribution in [2.75, 3.05) is 23.3 Å². The van der Waals surface area contributed by atoms with Gasteiger partial charge in [0.25, 0.3) is 5.91 Å². The van der Waals surface area contributed by atoms with Crippen LogP contribution >= 0.6 is 0 Å². The molecule has 1 aliphatic heterocycles. The standard InChI is InChI=1S/C29H32F3N7O4/c1-16(24(33)40)35-23-14-21(25(34)41)36-26(37-23)17-5-10-22-18(13-17)15-38(27(42)43-28(2,3)4)11-12-39(22)20-8-6-19(7-9-20)29(30,31)32/h5-10,13-14,16H,11-12,15H2,1-4H3,(H2,33,40)(H2,34,41)(H,35,36,37)/t16-/m0/s1. The molecule has 0 saturated heterocycles. The predicted octanol–water partition coefficient (Wildman–Crippen LogP) is 4.44. The second-order valence-electron chi connectivity index (χ2n) is 11.0. The predicted molar refractivity (Wildman–Crippen MR) is 153 cm³/mol. The number of nitrogens with zero attached hydrogens (tertiary/aromatic N) is 4. The molecule has 0 fully saturated rings. The van der Waals surface area contributed by atoms with Gasteiger partial charge >= 0.3 is 12.3 Å². The molecule has 0 saturated carbocycles. The summed E-state index contributed by atoms with van der Waals surface area (Å²) in [6, 6.07) is 10.4. The van der Waals surface area contributed by atoms with Crippen LogP contribution in [0, 0.1) is 0 Å². The molecule has 0 radical (unpaired) electrons. The maximum absolute atomic E-state index is 13.2. The number of alkyl halides is 3. The summed E-state index contributed by atoms with van der Waals surface area (Å²) in [5.74, 6) is -1.22. The maximum atomic E-state index is 13.2. The quantitative estimate of drug-likeness (QED) is 0.376. The molecule has 0 bridgehead atoms. The van der Waals surface area contributed by atoms with Crippen LogP contribution in [0.25, 0.3) is 11.4 Å². The molecule has 2 heterocycles. The van der Waals surface area contributed by atoms with Crippen molar-refractivity contribution in [3.05, 3.63) is 65.4 Å². The van der Waals surface area contributed by atoms with Crippen molar-refractivity contribution in [2.45, 2.75) is 52.1 Å². The van der Waals surface area contributed by atoms with E-state index in [1.807, 2.05) is 4.90 Å². The van der Waals surface area contributed by atoms with Crippen LogP contribution in [-0.2, 0) is 22.3 Å². The number of anilines is 3. The second kappa shape index (κ2) is 11.8. The van der Waals surface area contributed by atoms with Crippen molar-refractivity contribution >= 4 is 35.1 Å². The lowest BCUT2D eigenvalue weighted by molar-refractivity contribution is -0.137. The highest BCUT2D eigenvalue weighted by Gasteiger charge is 2.31. The van der Waals surface area contributed by atoms with Crippen LogP contribution in [0.5, 0.6) is 0 Å². The van der Waals surface area contributed by atoms with E-state index >= 15 is 0 Å². The Morgan fingerprint density at radius 2 is 1.65 bits per heavy atom. The summed E-state index contributed by atoms with van der Waals surface area (Å²) in [5, 5.41) is 2.82. The summed E-state index contributed by atoms with van der Waals surface area (Å²) in [5.41, 5.74) is 11.4. The number of rotatable bonds is 6. The molecule has 5 N–H and O–H groups in total. The molecule has 0 unspecified atom stereocenters. The number of benzene rings is 2. The van der Waals surface area contributed by atoms with Crippen LogP contribution in [0.4, 0.5) is 35.2 Å². The number of ether oxygens (including phenoxy) is 1. The van der Waals surface area contributed by atoms with Crippen LogP contribution in [-0.4, -0.2) is 57.5 Å². The minimum atomic E-state index is -4.49. The third-order valence-corrected chi connectivity index (χ3v) is 6.51. The molecule has 43 heavy (non-hydrogen) atoms.